The zero-order valence-electron chi connectivity index (χ0n) is 12.7. The predicted octanol–water partition coefficient (Wildman–Crippen LogP) is 4.51. The Kier molecular flexibility index (Phi) is 5.74. The number of rotatable bonds is 7. The van der Waals surface area contributed by atoms with Gasteiger partial charge in [0.05, 0.1) is 5.69 Å². The molecule has 0 radical (unpaired) electrons. The summed E-state index contributed by atoms with van der Waals surface area (Å²) in [7, 11) is 0. The SMILES string of the molecule is CCc1ccc(CN(Cc2ccsc2)[C@H](C)CC)nc1. The van der Waals surface area contributed by atoms with Crippen LogP contribution in [0.4, 0.5) is 0 Å². The molecule has 1 atom stereocenters. The molecule has 2 aromatic rings. The quantitative estimate of drug-likeness (QED) is 0.745. The van der Waals surface area contributed by atoms with E-state index in [2.05, 4.69) is 59.6 Å². The molecule has 0 saturated heterocycles. The van der Waals surface area contributed by atoms with Gasteiger partial charge in [-0.1, -0.05) is 19.9 Å². The van der Waals surface area contributed by atoms with Crippen LogP contribution in [0.3, 0.4) is 0 Å². The van der Waals surface area contributed by atoms with Gasteiger partial charge in [0.2, 0.25) is 0 Å². The average Bonchev–Trinajstić information content (AvgIpc) is 2.99. The van der Waals surface area contributed by atoms with Crippen molar-refractivity contribution in [3.8, 4) is 0 Å². The van der Waals surface area contributed by atoms with Gasteiger partial charge in [-0.25, -0.2) is 0 Å². The Morgan fingerprint density at radius 2 is 2.00 bits per heavy atom. The molecule has 0 saturated carbocycles. The van der Waals surface area contributed by atoms with Gasteiger partial charge < -0.3 is 0 Å². The van der Waals surface area contributed by atoms with Crippen molar-refractivity contribution in [2.45, 2.75) is 52.7 Å². The van der Waals surface area contributed by atoms with Crippen molar-refractivity contribution in [1.82, 2.24) is 9.88 Å². The Morgan fingerprint density at radius 1 is 1.15 bits per heavy atom. The molecule has 0 N–H and O–H groups in total. The number of pyridine rings is 1. The van der Waals surface area contributed by atoms with E-state index in [4.69, 9.17) is 0 Å². The Balaban J connectivity index is 2.06. The fourth-order valence-corrected chi connectivity index (χ4v) is 2.87. The van der Waals surface area contributed by atoms with Crippen molar-refractivity contribution in [2.75, 3.05) is 0 Å². The number of thiophene rings is 1. The summed E-state index contributed by atoms with van der Waals surface area (Å²) in [6, 6.07) is 7.15. The zero-order chi connectivity index (χ0) is 14.4. The molecule has 2 aromatic heterocycles. The molecule has 2 nitrogen and oxygen atoms in total. The fraction of sp³-hybridized carbons (Fsp3) is 0.471. The molecule has 0 aliphatic rings. The first-order chi connectivity index (χ1) is 9.72. The van der Waals surface area contributed by atoms with Crippen molar-refractivity contribution in [3.63, 3.8) is 0 Å². The lowest BCUT2D eigenvalue weighted by atomic mass is 10.1. The van der Waals surface area contributed by atoms with Crippen LogP contribution in [0.15, 0.2) is 35.2 Å². The molecule has 0 aromatic carbocycles. The molecule has 2 rings (SSSR count). The Morgan fingerprint density at radius 3 is 2.55 bits per heavy atom. The lowest BCUT2D eigenvalue weighted by Crippen LogP contribution is -2.31. The predicted molar refractivity (Wildman–Crippen MR) is 86.9 cm³/mol. The standard InChI is InChI=1S/C17H24N2S/c1-4-14(3)19(11-16-8-9-20-13-16)12-17-7-6-15(5-2)10-18-17/h6-10,13-14H,4-5,11-12H2,1-3H3/t14-/m1/s1. The molecular weight excluding hydrogens is 264 g/mol. The largest absolute Gasteiger partial charge is 0.291 e. The molecule has 0 spiro atoms. The summed E-state index contributed by atoms with van der Waals surface area (Å²) >= 11 is 1.77. The van der Waals surface area contributed by atoms with Crippen LogP contribution in [0.5, 0.6) is 0 Å². The molecule has 0 fully saturated rings. The normalized spacial score (nSPS) is 12.8. The van der Waals surface area contributed by atoms with Crippen LogP contribution in [0.25, 0.3) is 0 Å². The van der Waals surface area contributed by atoms with E-state index in [1.807, 2.05) is 6.20 Å². The van der Waals surface area contributed by atoms with E-state index in [-0.39, 0.29) is 0 Å². The minimum Gasteiger partial charge on any atom is -0.291 e. The first kappa shape index (κ1) is 15.2. The van der Waals surface area contributed by atoms with Crippen LogP contribution in [-0.4, -0.2) is 15.9 Å². The summed E-state index contributed by atoms with van der Waals surface area (Å²) in [5.74, 6) is 0. The number of hydrogen-bond donors (Lipinski definition) is 0. The highest BCUT2D eigenvalue weighted by molar-refractivity contribution is 7.07. The Bertz CT molecular complexity index is 490. The average molecular weight is 288 g/mol. The van der Waals surface area contributed by atoms with Gasteiger partial charge in [-0.2, -0.15) is 11.3 Å². The molecule has 0 bridgehead atoms. The summed E-state index contributed by atoms with van der Waals surface area (Å²) < 4.78 is 0. The molecule has 108 valence electrons. The van der Waals surface area contributed by atoms with Crippen molar-refractivity contribution in [2.24, 2.45) is 0 Å². The maximum atomic E-state index is 4.60. The second-order valence-corrected chi connectivity index (χ2v) is 6.09. The number of aryl methyl sites for hydroxylation is 1. The van der Waals surface area contributed by atoms with Gasteiger partial charge in [-0.3, -0.25) is 9.88 Å². The molecule has 20 heavy (non-hydrogen) atoms. The highest BCUT2D eigenvalue weighted by atomic mass is 32.1. The van der Waals surface area contributed by atoms with Crippen molar-refractivity contribution >= 4 is 11.3 Å². The zero-order valence-corrected chi connectivity index (χ0v) is 13.5. The first-order valence-corrected chi connectivity index (χ1v) is 8.36. The Labute approximate surface area is 126 Å². The molecule has 0 aliphatic carbocycles. The molecular formula is C17H24N2S. The van der Waals surface area contributed by atoms with Gasteiger partial charge in [0.1, 0.15) is 0 Å². The van der Waals surface area contributed by atoms with Crippen LogP contribution >= 0.6 is 11.3 Å². The summed E-state index contributed by atoms with van der Waals surface area (Å²) in [5.41, 5.74) is 3.87. The lowest BCUT2D eigenvalue weighted by Gasteiger charge is -2.27. The van der Waals surface area contributed by atoms with Gasteiger partial charge in [0.15, 0.2) is 0 Å². The second-order valence-electron chi connectivity index (χ2n) is 5.31. The van der Waals surface area contributed by atoms with Gasteiger partial charge in [-0.15, -0.1) is 0 Å². The Hall–Kier alpha value is -1.19. The van der Waals surface area contributed by atoms with E-state index in [1.165, 1.54) is 11.1 Å². The molecule has 0 aliphatic heterocycles. The minimum absolute atomic E-state index is 0.572. The molecule has 0 unspecified atom stereocenters. The van der Waals surface area contributed by atoms with E-state index in [1.54, 1.807) is 11.3 Å². The van der Waals surface area contributed by atoms with Gasteiger partial charge >= 0.3 is 0 Å². The van der Waals surface area contributed by atoms with E-state index in [0.29, 0.717) is 6.04 Å². The highest BCUT2D eigenvalue weighted by Crippen LogP contribution is 2.16. The van der Waals surface area contributed by atoms with Crippen molar-refractivity contribution < 1.29 is 0 Å². The van der Waals surface area contributed by atoms with Gasteiger partial charge in [0, 0.05) is 25.3 Å². The number of nitrogens with zero attached hydrogens (tertiary/aromatic N) is 2. The van der Waals surface area contributed by atoms with Gasteiger partial charge in [-0.05, 0) is 53.8 Å². The van der Waals surface area contributed by atoms with Crippen LogP contribution in [0, 0.1) is 0 Å². The third kappa shape index (κ3) is 4.15. The maximum absolute atomic E-state index is 4.60. The number of hydrogen-bond acceptors (Lipinski definition) is 3. The van der Waals surface area contributed by atoms with Crippen molar-refractivity contribution in [3.05, 3.63) is 52.0 Å². The third-order valence-corrected chi connectivity index (χ3v) is 4.57. The van der Waals surface area contributed by atoms with Crippen LogP contribution in [0.1, 0.15) is 44.0 Å². The highest BCUT2D eigenvalue weighted by Gasteiger charge is 2.14. The lowest BCUT2D eigenvalue weighted by molar-refractivity contribution is 0.184. The first-order valence-electron chi connectivity index (χ1n) is 7.41. The maximum Gasteiger partial charge on any atom is 0.0544 e. The van der Waals surface area contributed by atoms with E-state index in [0.717, 1.165) is 31.6 Å². The van der Waals surface area contributed by atoms with Crippen LogP contribution in [0.2, 0.25) is 0 Å². The van der Waals surface area contributed by atoms with Crippen LogP contribution < -0.4 is 0 Å². The summed E-state index contributed by atoms with van der Waals surface area (Å²) in [6.45, 7) is 8.65. The van der Waals surface area contributed by atoms with Crippen molar-refractivity contribution in [1.29, 1.82) is 0 Å². The van der Waals surface area contributed by atoms with E-state index in [9.17, 15) is 0 Å². The second kappa shape index (κ2) is 7.55. The van der Waals surface area contributed by atoms with Gasteiger partial charge in [0.25, 0.3) is 0 Å². The monoisotopic (exact) mass is 288 g/mol. The molecule has 0 amide bonds. The fourth-order valence-electron chi connectivity index (χ4n) is 2.21. The summed E-state index contributed by atoms with van der Waals surface area (Å²) in [5, 5.41) is 4.39. The topological polar surface area (TPSA) is 16.1 Å². The molecule has 2 heterocycles. The molecule has 3 heteroatoms. The third-order valence-electron chi connectivity index (χ3n) is 3.84. The minimum atomic E-state index is 0.572. The summed E-state index contributed by atoms with van der Waals surface area (Å²) in [6.07, 6.45) is 4.23. The van der Waals surface area contributed by atoms with E-state index >= 15 is 0 Å². The van der Waals surface area contributed by atoms with E-state index < -0.39 is 0 Å². The summed E-state index contributed by atoms with van der Waals surface area (Å²) in [4.78, 5) is 7.11. The smallest absolute Gasteiger partial charge is 0.0544 e. The number of aromatic nitrogens is 1. The van der Waals surface area contributed by atoms with Crippen LogP contribution in [-0.2, 0) is 19.5 Å².